The van der Waals surface area contributed by atoms with Crippen molar-refractivity contribution in [1.82, 2.24) is 0 Å². The van der Waals surface area contributed by atoms with E-state index in [2.05, 4.69) is 16.7 Å². The van der Waals surface area contributed by atoms with Crippen molar-refractivity contribution in [2.45, 2.75) is 0 Å². The molecule has 0 aliphatic heterocycles. The highest BCUT2D eigenvalue weighted by molar-refractivity contribution is 5.88. The molecule has 74 valence electrons. The number of hydrogen-bond acceptors (Lipinski definition) is 1. The quantitative estimate of drug-likeness (QED) is 0.410. The third-order valence-corrected chi connectivity index (χ3v) is 2.43. The number of benzene rings is 1. The Morgan fingerprint density at radius 3 is 2.80 bits per heavy atom. The van der Waals surface area contributed by atoms with Crippen LogP contribution < -0.4 is 4.57 Å². The molecule has 0 saturated heterocycles. The molecule has 0 aliphatic carbocycles. The van der Waals surface area contributed by atoms with Gasteiger partial charge in [0.15, 0.2) is 6.20 Å². The van der Waals surface area contributed by atoms with Crippen molar-refractivity contribution in [3.63, 3.8) is 0 Å². The smallest absolute Gasteiger partial charge is 0.212 e. The van der Waals surface area contributed by atoms with Crippen LogP contribution in [0.4, 0.5) is 0 Å². The molecule has 0 radical (unpaired) electrons. The number of nitrogens with zero attached hydrogens (tertiary/aromatic N) is 1. The van der Waals surface area contributed by atoms with Crippen molar-refractivity contribution in [3.05, 3.63) is 48.2 Å². The molecule has 1 aromatic carbocycles. The number of carbonyl (C=O) groups is 1. The first-order valence-corrected chi connectivity index (χ1v) is 4.82. The van der Waals surface area contributed by atoms with Crippen LogP contribution in [0.1, 0.15) is 5.56 Å². The maximum absolute atomic E-state index is 10.3. The summed E-state index contributed by atoms with van der Waals surface area (Å²) < 4.78 is 2.06. The molecule has 0 bridgehead atoms. The zero-order valence-corrected chi connectivity index (χ0v) is 8.55. The Labute approximate surface area is 88.5 Å². The van der Waals surface area contributed by atoms with Crippen molar-refractivity contribution in [2.24, 2.45) is 7.05 Å². The lowest BCUT2D eigenvalue weighted by molar-refractivity contribution is -0.644. The van der Waals surface area contributed by atoms with Crippen LogP contribution in [0.3, 0.4) is 0 Å². The van der Waals surface area contributed by atoms with Gasteiger partial charge in [0.05, 0.1) is 5.39 Å². The number of hydrogen-bond donors (Lipinski definition) is 0. The van der Waals surface area contributed by atoms with Gasteiger partial charge in [-0.15, -0.1) is 0 Å². The predicted molar refractivity (Wildman–Crippen MR) is 60.2 cm³/mol. The topological polar surface area (TPSA) is 20.9 Å². The highest BCUT2D eigenvalue weighted by Gasteiger charge is 2.05. The first kappa shape index (κ1) is 9.59. The molecule has 2 nitrogen and oxygen atoms in total. The van der Waals surface area contributed by atoms with Crippen molar-refractivity contribution >= 4 is 23.3 Å². The summed E-state index contributed by atoms with van der Waals surface area (Å²) in [5, 5.41) is 1.15. The number of carbonyl (C=O) groups excluding carboxylic acids is 1. The minimum absolute atomic E-state index is 0.793. The van der Waals surface area contributed by atoms with Crippen LogP contribution >= 0.6 is 0 Å². The van der Waals surface area contributed by atoms with Gasteiger partial charge in [-0.3, -0.25) is 4.79 Å². The van der Waals surface area contributed by atoms with E-state index in [0.29, 0.717) is 0 Å². The highest BCUT2D eigenvalue weighted by atomic mass is 16.1. The van der Waals surface area contributed by atoms with E-state index in [4.69, 9.17) is 0 Å². The van der Waals surface area contributed by atoms with Crippen LogP contribution in [0.25, 0.3) is 17.0 Å². The molecule has 0 fully saturated rings. The molecule has 0 N–H and O–H groups in total. The normalized spacial score (nSPS) is 11.0. The molecule has 0 spiro atoms. The molecule has 0 unspecified atom stereocenters. The summed E-state index contributed by atoms with van der Waals surface area (Å²) in [6.45, 7) is 0. The third kappa shape index (κ3) is 1.79. The fourth-order valence-electron chi connectivity index (χ4n) is 1.68. The van der Waals surface area contributed by atoms with Gasteiger partial charge in [-0.05, 0) is 17.7 Å². The van der Waals surface area contributed by atoms with Gasteiger partial charge >= 0.3 is 0 Å². The second kappa shape index (κ2) is 4.05. The minimum Gasteiger partial charge on any atom is -0.299 e. The van der Waals surface area contributed by atoms with E-state index in [1.165, 1.54) is 6.08 Å². The van der Waals surface area contributed by atoms with Gasteiger partial charge in [-0.25, -0.2) is 4.57 Å². The van der Waals surface area contributed by atoms with Crippen LogP contribution in [-0.4, -0.2) is 6.29 Å². The molecule has 0 amide bonds. The summed E-state index contributed by atoms with van der Waals surface area (Å²) in [4.78, 5) is 10.3. The zero-order valence-electron chi connectivity index (χ0n) is 8.55. The van der Waals surface area contributed by atoms with Crippen LogP contribution in [0, 0.1) is 0 Å². The molecular formula is C13H12NO+. The summed E-state index contributed by atoms with van der Waals surface area (Å²) >= 11 is 0. The predicted octanol–water partition coefficient (Wildman–Crippen LogP) is 1.88. The van der Waals surface area contributed by atoms with Gasteiger partial charge in [0.1, 0.15) is 13.3 Å². The van der Waals surface area contributed by atoms with E-state index < -0.39 is 0 Å². The van der Waals surface area contributed by atoms with Crippen molar-refractivity contribution in [2.75, 3.05) is 0 Å². The Hall–Kier alpha value is -1.96. The van der Waals surface area contributed by atoms with Gasteiger partial charge in [0, 0.05) is 12.1 Å². The van der Waals surface area contributed by atoms with Gasteiger partial charge in [-0.1, -0.05) is 18.2 Å². The monoisotopic (exact) mass is 198 g/mol. The summed E-state index contributed by atoms with van der Waals surface area (Å²) in [7, 11) is 2.01. The maximum Gasteiger partial charge on any atom is 0.212 e. The molecular weight excluding hydrogens is 186 g/mol. The summed E-state index contributed by atoms with van der Waals surface area (Å²) in [5.41, 5.74) is 2.22. The molecule has 2 rings (SSSR count). The minimum atomic E-state index is 0.793. The van der Waals surface area contributed by atoms with E-state index in [9.17, 15) is 4.79 Å². The SMILES string of the molecule is C[n+]1ccc(C=CC=O)c2ccccc21. The molecule has 2 aromatic rings. The fraction of sp³-hybridized carbons (Fsp3) is 0.0769. The van der Waals surface area contributed by atoms with Gasteiger partial charge in [0.2, 0.25) is 5.52 Å². The molecule has 0 aliphatic rings. The fourth-order valence-corrected chi connectivity index (χ4v) is 1.68. The molecule has 0 atom stereocenters. The highest BCUT2D eigenvalue weighted by Crippen LogP contribution is 2.15. The Kier molecular flexibility index (Phi) is 2.59. The Morgan fingerprint density at radius 2 is 2.00 bits per heavy atom. The van der Waals surface area contributed by atoms with Crippen LogP contribution in [-0.2, 0) is 11.8 Å². The largest absolute Gasteiger partial charge is 0.299 e. The lowest BCUT2D eigenvalue weighted by atomic mass is 10.1. The van der Waals surface area contributed by atoms with Crippen LogP contribution in [0.15, 0.2) is 42.6 Å². The first-order chi connectivity index (χ1) is 7.33. The molecule has 1 heterocycles. The number of aryl methyl sites for hydroxylation is 1. The molecule has 15 heavy (non-hydrogen) atoms. The average molecular weight is 198 g/mol. The summed E-state index contributed by atoms with van der Waals surface area (Å²) in [6, 6.07) is 10.1. The number of fused-ring (bicyclic) bond motifs is 1. The second-order valence-electron chi connectivity index (χ2n) is 3.39. The van der Waals surface area contributed by atoms with Gasteiger partial charge in [-0.2, -0.15) is 0 Å². The van der Waals surface area contributed by atoms with Gasteiger partial charge < -0.3 is 0 Å². The number of pyridine rings is 1. The number of allylic oxidation sites excluding steroid dienone is 1. The Bertz CT molecular complexity index is 529. The van der Waals surface area contributed by atoms with Crippen LogP contribution in [0.2, 0.25) is 0 Å². The maximum atomic E-state index is 10.3. The van der Waals surface area contributed by atoms with Crippen molar-refractivity contribution in [1.29, 1.82) is 0 Å². The lowest BCUT2D eigenvalue weighted by Gasteiger charge is -1.99. The van der Waals surface area contributed by atoms with Gasteiger partial charge in [0.25, 0.3) is 0 Å². The Balaban J connectivity index is 2.71. The van der Waals surface area contributed by atoms with E-state index in [1.807, 2.05) is 37.5 Å². The van der Waals surface area contributed by atoms with E-state index in [0.717, 1.165) is 22.8 Å². The van der Waals surface area contributed by atoms with E-state index in [-0.39, 0.29) is 0 Å². The van der Waals surface area contributed by atoms with E-state index in [1.54, 1.807) is 0 Å². The average Bonchev–Trinajstić information content (AvgIpc) is 2.29. The lowest BCUT2D eigenvalue weighted by Crippen LogP contribution is -2.28. The third-order valence-electron chi connectivity index (χ3n) is 2.43. The van der Waals surface area contributed by atoms with Crippen LogP contribution in [0.5, 0.6) is 0 Å². The van der Waals surface area contributed by atoms with Crippen molar-refractivity contribution < 1.29 is 9.36 Å². The number of para-hydroxylation sites is 1. The second-order valence-corrected chi connectivity index (χ2v) is 3.39. The number of aldehydes is 1. The summed E-state index contributed by atoms with van der Waals surface area (Å²) in [6.07, 6.45) is 6.13. The molecule has 0 saturated carbocycles. The standard InChI is InChI=1S/C13H12NO/c1-14-9-8-11(5-4-10-15)12-6-2-3-7-13(12)14/h2-10H,1H3/q+1. The number of aromatic nitrogens is 1. The number of rotatable bonds is 2. The summed E-state index contributed by atoms with van der Waals surface area (Å²) in [5.74, 6) is 0. The van der Waals surface area contributed by atoms with E-state index >= 15 is 0 Å². The zero-order chi connectivity index (χ0) is 10.7. The van der Waals surface area contributed by atoms with Crippen molar-refractivity contribution in [3.8, 4) is 0 Å². The first-order valence-electron chi connectivity index (χ1n) is 4.82. The molecule has 1 aromatic heterocycles. The Morgan fingerprint density at radius 1 is 1.20 bits per heavy atom. The molecule has 2 heteroatoms.